The van der Waals surface area contributed by atoms with E-state index in [0.29, 0.717) is 26.0 Å². The molecule has 0 bridgehead atoms. The Labute approximate surface area is 147 Å². The topological polar surface area (TPSA) is 64.6 Å². The molecule has 1 N–H and O–H groups in total. The van der Waals surface area contributed by atoms with E-state index in [1.54, 1.807) is 0 Å². The molecule has 1 amide bonds. The minimum atomic E-state index is -0.501. The van der Waals surface area contributed by atoms with Crippen molar-refractivity contribution in [2.45, 2.75) is 97.5 Å². The lowest BCUT2D eigenvalue weighted by Crippen LogP contribution is -2.33. The molecular weight excluding hydrogens is 306 g/mol. The van der Waals surface area contributed by atoms with Crippen LogP contribution >= 0.6 is 0 Å². The van der Waals surface area contributed by atoms with Crippen LogP contribution in [-0.2, 0) is 14.3 Å². The molecule has 0 radical (unpaired) electrons. The molecule has 5 nitrogen and oxygen atoms in total. The molecule has 0 spiro atoms. The van der Waals surface area contributed by atoms with Crippen molar-refractivity contribution in [3.63, 3.8) is 0 Å². The Morgan fingerprint density at radius 3 is 2.04 bits per heavy atom. The van der Waals surface area contributed by atoms with Gasteiger partial charge in [-0.05, 0) is 33.6 Å². The molecule has 0 atom stereocenters. The summed E-state index contributed by atoms with van der Waals surface area (Å²) < 4.78 is 10.3. The maximum Gasteiger partial charge on any atom is 0.407 e. The summed E-state index contributed by atoms with van der Waals surface area (Å²) in [5.41, 5.74) is -0.501. The summed E-state index contributed by atoms with van der Waals surface area (Å²) in [6.07, 6.45) is 10.3. The molecule has 0 aromatic heterocycles. The second-order valence-electron chi connectivity index (χ2n) is 7.23. The van der Waals surface area contributed by atoms with E-state index in [1.807, 2.05) is 20.8 Å². The molecule has 0 saturated heterocycles. The number of hydrogen-bond acceptors (Lipinski definition) is 4. The molecule has 0 aliphatic heterocycles. The maximum atomic E-state index is 11.6. The van der Waals surface area contributed by atoms with Crippen LogP contribution < -0.4 is 5.32 Å². The van der Waals surface area contributed by atoms with Crippen molar-refractivity contribution in [1.29, 1.82) is 0 Å². The van der Waals surface area contributed by atoms with Gasteiger partial charge in [-0.15, -0.1) is 0 Å². The fraction of sp³-hybridized carbons (Fsp3) is 0.895. The Morgan fingerprint density at radius 1 is 0.875 bits per heavy atom. The van der Waals surface area contributed by atoms with Crippen LogP contribution in [0.4, 0.5) is 4.79 Å². The molecule has 0 unspecified atom stereocenters. The highest BCUT2D eigenvalue weighted by Crippen LogP contribution is 2.09. The van der Waals surface area contributed by atoms with E-state index in [-0.39, 0.29) is 5.97 Å². The Kier molecular flexibility index (Phi) is 13.4. The fourth-order valence-electron chi connectivity index (χ4n) is 2.23. The number of carbonyl (C=O) groups excluding carboxylic acids is 2. The summed E-state index contributed by atoms with van der Waals surface area (Å²) in [4.78, 5) is 23.0. The normalized spacial score (nSPS) is 11.2. The van der Waals surface area contributed by atoms with Gasteiger partial charge in [0.25, 0.3) is 0 Å². The van der Waals surface area contributed by atoms with Crippen molar-refractivity contribution in [1.82, 2.24) is 5.32 Å². The minimum Gasteiger partial charge on any atom is -0.466 e. The van der Waals surface area contributed by atoms with E-state index in [9.17, 15) is 9.59 Å². The Hall–Kier alpha value is -1.26. The zero-order valence-electron chi connectivity index (χ0n) is 16.1. The van der Waals surface area contributed by atoms with E-state index in [1.165, 1.54) is 38.5 Å². The summed E-state index contributed by atoms with van der Waals surface area (Å²) in [7, 11) is 0. The van der Waals surface area contributed by atoms with Crippen LogP contribution in [0, 0.1) is 0 Å². The van der Waals surface area contributed by atoms with Crippen molar-refractivity contribution in [3.05, 3.63) is 0 Å². The molecular formula is C19H37NO4. The van der Waals surface area contributed by atoms with Crippen LogP contribution in [0.15, 0.2) is 0 Å². The second-order valence-corrected chi connectivity index (χ2v) is 7.23. The number of alkyl carbamates (subject to hydrolysis) is 1. The minimum absolute atomic E-state index is 0.191. The van der Waals surface area contributed by atoms with Crippen LogP contribution in [0.25, 0.3) is 0 Å². The first-order valence-electron chi connectivity index (χ1n) is 9.47. The first-order valence-corrected chi connectivity index (χ1v) is 9.47. The Balaban J connectivity index is 3.37. The van der Waals surface area contributed by atoms with E-state index >= 15 is 0 Å². The first kappa shape index (κ1) is 22.7. The number of hydrogen-bond donors (Lipinski definition) is 1. The molecule has 0 heterocycles. The number of unbranched alkanes of at least 4 members (excludes halogenated alkanes) is 7. The summed E-state index contributed by atoms with van der Waals surface area (Å²) in [6.45, 7) is 8.59. The summed E-state index contributed by atoms with van der Waals surface area (Å²) in [5, 5.41) is 2.63. The van der Waals surface area contributed by atoms with Crippen molar-refractivity contribution in [3.8, 4) is 0 Å². The van der Waals surface area contributed by atoms with Crippen LogP contribution in [0.1, 0.15) is 91.9 Å². The molecule has 0 aromatic rings. The third-order valence-corrected chi connectivity index (χ3v) is 3.49. The number of ether oxygens (including phenoxy) is 2. The predicted molar refractivity (Wildman–Crippen MR) is 97.0 cm³/mol. The van der Waals surface area contributed by atoms with Gasteiger partial charge in [0.1, 0.15) is 5.60 Å². The number of amides is 1. The lowest BCUT2D eigenvalue weighted by Gasteiger charge is -2.19. The van der Waals surface area contributed by atoms with Gasteiger partial charge in [0, 0.05) is 13.0 Å². The smallest absolute Gasteiger partial charge is 0.407 e. The van der Waals surface area contributed by atoms with E-state index < -0.39 is 11.7 Å². The maximum absolute atomic E-state index is 11.6. The van der Waals surface area contributed by atoms with Gasteiger partial charge in [-0.25, -0.2) is 4.79 Å². The third-order valence-electron chi connectivity index (χ3n) is 3.49. The first-order chi connectivity index (χ1) is 11.3. The van der Waals surface area contributed by atoms with E-state index in [2.05, 4.69) is 12.2 Å². The molecule has 0 rings (SSSR count). The van der Waals surface area contributed by atoms with E-state index in [4.69, 9.17) is 9.47 Å². The van der Waals surface area contributed by atoms with Crippen LogP contribution in [0.2, 0.25) is 0 Å². The average Bonchev–Trinajstić information content (AvgIpc) is 2.48. The Morgan fingerprint density at radius 2 is 1.46 bits per heavy atom. The molecule has 0 saturated carbocycles. The van der Waals surface area contributed by atoms with Gasteiger partial charge < -0.3 is 14.8 Å². The van der Waals surface area contributed by atoms with Crippen molar-refractivity contribution in [2.75, 3.05) is 13.2 Å². The largest absolute Gasteiger partial charge is 0.466 e. The molecule has 5 heteroatoms. The summed E-state index contributed by atoms with van der Waals surface area (Å²) in [6, 6.07) is 0. The van der Waals surface area contributed by atoms with Crippen molar-refractivity contribution in [2.24, 2.45) is 0 Å². The summed E-state index contributed by atoms with van der Waals surface area (Å²) >= 11 is 0. The summed E-state index contributed by atoms with van der Waals surface area (Å²) in [5.74, 6) is -0.191. The van der Waals surface area contributed by atoms with Gasteiger partial charge in [0.2, 0.25) is 0 Å². The predicted octanol–water partition coefficient (Wildman–Crippen LogP) is 4.98. The van der Waals surface area contributed by atoms with Gasteiger partial charge in [0.15, 0.2) is 0 Å². The number of nitrogens with one attached hydrogen (secondary N) is 1. The zero-order chi connectivity index (χ0) is 18.3. The quantitative estimate of drug-likeness (QED) is 0.378. The van der Waals surface area contributed by atoms with Crippen LogP contribution in [0.5, 0.6) is 0 Å². The fourth-order valence-corrected chi connectivity index (χ4v) is 2.23. The van der Waals surface area contributed by atoms with Gasteiger partial charge in [0.05, 0.1) is 6.61 Å². The number of rotatable bonds is 13. The number of esters is 1. The molecule has 0 fully saturated rings. The highest BCUT2D eigenvalue weighted by molar-refractivity contribution is 5.70. The molecule has 0 aromatic carbocycles. The monoisotopic (exact) mass is 343 g/mol. The standard InChI is InChI=1S/C19H37NO4/c1-5-6-7-8-9-10-11-12-16-23-17(21)14-13-15-20-18(22)24-19(2,3)4/h5-16H2,1-4H3,(H,20,22). The lowest BCUT2D eigenvalue weighted by atomic mass is 10.1. The SMILES string of the molecule is CCCCCCCCCCOC(=O)CCCNC(=O)OC(C)(C)C. The van der Waals surface area contributed by atoms with Gasteiger partial charge in [-0.1, -0.05) is 51.9 Å². The average molecular weight is 344 g/mol. The van der Waals surface area contributed by atoms with Crippen molar-refractivity contribution >= 4 is 12.1 Å². The number of carbonyl (C=O) groups is 2. The highest BCUT2D eigenvalue weighted by Gasteiger charge is 2.15. The van der Waals surface area contributed by atoms with Gasteiger partial charge in [-0.2, -0.15) is 0 Å². The van der Waals surface area contributed by atoms with Gasteiger partial charge in [-0.3, -0.25) is 4.79 Å². The zero-order valence-corrected chi connectivity index (χ0v) is 16.1. The lowest BCUT2D eigenvalue weighted by molar-refractivity contribution is -0.143. The van der Waals surface area contributed by atoms with Crippen molar-refractivity contribution < 1.29 is 19.1 Å². The molecule has 24 heavy (non-hydrogen) atoms. The third kappa shape index (κ3) is 17.1. The molecule has 0 aliphatic rings. The van der Waals surface area contributed by atoms with Crippen LogP contribution in [0.3, 0.4) is 0 Å². The Bertz CT molecular complexity index is 337. The van der Waals surface area contributed by atoms with E-state index in [0.717, 1.165) is 12.8 Å². The highest BCUT2D eigenvalue weighted by atomic mass is 16.6. The molecule has 142 valence electrons. The molecule has 0 aliphatic carbocycles. The van der Waals surface area contributed by atoms with Gasteiger partial charge >= 0.3 is 12.1 Å². The second kappa shape index (κ2) is 14.1. The van der Waals surface area contributed by atoms with Crippen LogP contribution in [-0.4, -0.2) is 30.8 Å².